The number of hydrogen-bond acceptors (Lipinski definition) is 0. The normalized spacial score (nSPS) is 20.7. The van der Waals surface area contributed by atoms with Crippen molar-refractivity contribution in [3.8, 4) is 44.5 Å². The molecule has 0 radical (unpaired) electrons. The highest BCUT2D eigenvalue weighted by Crippen LogP contribution is 2.45. The summed E-state index contributed by atoms with van der Waals surface area (Å²) in [6.45, 7) is 0. The van der Waals surface area contributed by atoms with Crippen LogP contribution in [0, 0.1) is 0 Å². The van der Waals surface area contributed by atoms with Crippen molar-refractivity contribution in [2.45, 2.75) is 0 Å². The van der Waals surface area contributed by atoms with Gasteiger partial charge in [-0.2, -0.15) is 0 Å². The lowest BCUT2D eigenvalue weighted by Gasteiger charge is -2.19. The molecular weight excluding hydrogens is 504 g/mol. The minimum Gasteiger partial charge on any atom is -0.0622 e. The standard InChI is InChI=1S/C42H28/c1-3-12-29(13-4-1)35-24-25-39-40(28-35)42(38-21-10-9-20-37(38)41(39)31-15-5-2-6-16-31)36-19-11-18-33(27-36)34-23-22-30-14-7-8-17-32(30)26-34/h1-28H/i1D,2D,3D,4D,5D,6D,7D,8D,9D,10D,11D,12D,13D,14D,15D,16D,17D,18D,19D,20D,21D,22D,23D,24D,25D,26D,27D,28D. The first-order valence-corrected chi connectivity index (χ1v) is 12.2. The Morgan fingerprint density at radius 2 is 0.762 bits per heavy atom. The molecule has 0 aliphatic heterocycles. The van der Waals surface area contributed by atoms with Crippen LogP contribution >= 0.6 is 0 Å². The summed E-state index contributed by atoms with van der Waals surface area (Å²) in [6.07, 6.45) is 0. The molecule has 0 heteroatoms. The van der Waals surface area contributed by atoms with Gasteiger partial charge in [0.05, 0.1) is 38.4 Å². The van der Waals surface area contributed by atoms with E-state index in [-0.39, 0.29) is 0 Å². The van der Waals surface area contributed by atoms with Gasteiger partial charge in [-0.1, -0.05) is 151 Å². The van der Waals surface area contributed by atoms with E-state index in [2.05, 4.69) is 0 Å². The fourth-order valence-corrected chi connectivity index (χ4v) is 4.59. The summed E-state index contributed by atoms with van der Waals surface area (Å²) in [5, 5.41) is -4.52. The van der Waals surface area contributed by atoms with Crippen LogP contribution < -0.4 is 0 Å². The molecule has 42 heavy (non-hydrogen) atoms. The van der Waals surface area contributed by atoms with E-state index in [1.54, 1.807) is 0 Å². The van der Waals surface area contributed by atoms with E-state index in [1.807, 2.05) is 0 Å². The summed E-state index contributed by atoms with van der Waals surface area (Å²) in [7, 11) is 0. The van der Waals surface area contributed by atoms with Gasteiger partial charge in [0.1, 0.15) is 0 Å². The Morgan fingerprint density at radius 1 is 0.262 bits per heavy atom. The lowest BCUT2D eigenvalue weighted by atomic mass is 9.84. The van der Waals surface area contributed by atoms with Crippen LogP contribution in [-0.4, -0.2) is 0 Å². The molecule has 0 amide bonds. The van der Waals surface area contributed by atoms with Crippen LogP contribution in [0.5, 0.6) is 0 Å². The highest BCUT2D eigenvalue weighted by molar-refractivity contribution is 6.22. The van der Waals surface area contributed by atoms with Crippen LogP contribution in [0.25, 0.3) is 76.8 Å². The fraction of sp³-hybridized carbons (Fsp3) is 0. The first-order chi connectivity index (χ1) is 32.5. The Morgan fingerprint density at radius 3 is 1.52 bits per heavy atom. The van der Waals surface area contributed by atoms with Crippen molar-refractivity contribution in [2.75, 3.05) is 0 Å². The maximum atomic E-state index is 9.90. The molecule has 0 fully saturated rings. The topological polar surface area (TPSA) is 0 Å². The molecule has 0 saturated heterocycles. The molecular formula is C42H28. The lowest BCUT2D eigenvalue weighted by Crippen LogP contribution is -1.92. The van der Waals surface area contributed by atoms with Gasteiger partial charge in [-0.25, -0.2) is 0 Å². The van der Waals surface area contributed by atoms with E-state index >= 15 is 0 Å². The molecule has 196 valence electrons. The SMILES string of the molecule is [2H]c1c([2H])c([2H])c(-c2c([2H])c([2H])c3c(-c4c([2H])c([2H])c([2H])c([2H])c4[2H])c4c([2H])c([2H])c([2H])c([2H])c4c(-c4c([2H])c([2H])c([2H])c(-c5c([2H])c([2H])c6c([2H])c([2H])c([2H])c([2H])c6c5[2H])c4[2H])c3c2[2H])c([2H])c1[2H]. The highest BCUT2D eigenvalue weighted by Gasteiger charge is 2.18. The predicted molar refractivity (Wildman–Crippen MR) is 181 cm³/mol. The summed E-state index contributed by atoms with van der Waals surface area (Å²) in [5.41, 5.74) is -6.92. The molecule has 0 nitrogen and oxygen atoms in total. The van der Waals surface area contributed by atoms with Crippen LogP contribution in [0.4, 0.5) is 0 Å². The summed E-state index contributed by atoms with van der Waals surface area (Å²) in [4.78, 5) is 0. The highest BCUT2D eigenvalue weighted by atomic mass is 14.2. The Kier molecular flexibility index (Phi) is 2.19. The van der Waals surface area contributed by atoms with Gasteiger partial charge in [0.2, 0.25) is 0 Å². The third-order valence-corrected chi connectivity index (χ3v) is 6.38. The van der Waals surface area contributed by atoms with E-state index in [0.29, 0.717) is 0 Å². The molecule has 0 aromatic heterocycles. The zero-order valence-electron chi connectivity index (χ0n) is 49.0. The van der Waals surface area contributed by atoms with Crippen LogP contribution in [0.1, 0.15) is 38.4 Å². The first kappa shape index (κ1) is 9.02. The molecule has 0 N–H and O–H groups in total. The molecule has 0 aliphatic carbocycles. The van der Waals surface area contributed by atoms with Gasteiger partial charge in [-0.3, -0.25) is 0 Å². The summed E-state index contributed by atoms with van der Waals surface area (Å²) in [6, 6.07) is -27.8. The zero-order chi connectivity index (χ0) is 52.2. The van der Waals surface area contributed by atoms with E-state index in [0.717, 1.165) is 0 Å². The third-order valence-electron chi connectivity index (χ3n) is 6.38. The van der Waals surface area contributed by atoms with Crippen LogP contribution in [-0.2, 0) is 0 Å². The van der Waals surface area contributed by atoms with E-state index in [9.17, 15) is 11.0 Å². The molecule has 0 heterocycles. The molecule has 0 spiro atoms. The number of benzene rings is 8. The van der Waals surface area contributed by atoms with Gasteiger partial charge in [-0.05, 0) is 95.0 Å². The molecule has 8 aromatic carbocycles. The van der Waals surface area contributed by atoms with Crippen molar-refractivity contribution in [3.05, 3.63) is 169 Å². The molecule has 0 aliphatic rings. The molecule has 0 unspecified atom stereocenters. The average Bonchev–Trinajstić information content (AvgIpc) is 3.32. The largest absolute Gasteiger partial charge is 0.0636 e. The van der Waals surface area contributed by atoms with Gasteiger partial charge in [0.15, 0.2) is 0 Å². The van der Waals surface area contributed by atoms with E-state index < -0.39 is 246 Å². The molecule has 8 aromatic rings. The van der Waals surface area contributed by atoms with Gasteiger partial charge in [0, 0.05) is 0 Å². The number of fused-ring (bicyclic) bond motifs is 3. The summed E-state index contributed by atoms with van der Waals surface area (Å²) < 4.78 is 249. The maximum Gasteiger partial charge on any atom is 0.0636 e. The van der Waals surface area contributed by atoms with Crippen molar-refractivity contribution in [1.82, 2.24) is 0 Å². The van der Waals surface area contributed by atoms with Crippen molar-refractivity contribution >= 4 is 32.3 Å². The monoisotopic (exact) mass is 560 g/mol. The number of hydrogen-bond donors (Lipinski definition) is 0. The third kappa shape index (κ3) is 4.17. The maximum absolute atomic E-state index is 9.90. The second kappa shape index (κ2) is 10.2. The second-order valence-corrected chi connectivity index (χ2v) is 8.75. The molecule has 0 atom stereocenters. The summed E-state index contributed by atoms with van der Waals surface area (Å²) in [5.74, 6) is 0. The Balaban J connectivity index is 1.77. The van der Waals surface area contributed by atoms with Crippen LogP contribution in [0.15, 0.2) is 169 Å². The quantitative estimate of drug-likeness (QED) is 0.188. The minimum absolute atomic E-state index is 0.587. The summed E-state index contributed by atoms with van der Waals surface area (Å²) >= 11 is 0. The smallest absolute Gasteiger partial charge is 0.0622 e. The van der Waals surface area contributed by atoms with Crippen molar-refractivity contribution in [3.63, 3.8) is 0 Å². The fourth-order valence-electron chi connectivity index (χ4n) is 4.59. The molecule has 0 bridgehead atoms. The minimum atomic E-state index is -1.14. The van der Waals surface area contributed by atoms with Gasteiger partial charge in [-0.15, -0.1) is 0 Å². The van der Waals surface area contributed by atoms with Gasteiger partial charge in [0.25, 0.3) is 0 Å². The molecule has 0 saturated carbocycles. The second-order valence-electron chi connectivity index (χ2n) is 8.75. The Bertz CT molecular complexity index is 3740. The van der Waals surface area contributed by atoms with E-state index in [1.165, 1.54) is 0 Å². The van der Waals surface area contributed by atoms with Gasteiger partial charge < -0.3 is 0 Å². The van der Waals surface area contributed by atoms with Crippen LogP contribution in [0.3, 0.4) is 0 Å². The van der Waals surface area contributed by atoms with Crippen molar-refractivity contribution in [1.29, 1.82) is 0 Å². The average molecular weight is 561 g/mol. The van der Waals surface area contributed by atoms with Crippen molar-refractivity contribution in [2.24, 2.45) is 0 Å². The Hall–Kier alpha value is -5.46. The predicted octanol–water partition coefficient (Wildman–Crippen LogP) is 11.8. The molecule has 8 rings (SSSR count). The lowest BCUT2D eigenvalue weighted by molar-refractivity contribution is 1.61. The van der Waals surface area contributed by atoms with Gasteiger partial charge >= 0.3 is 0 Å². The zero-order valence-corrected chi connectivity index (χ0v) is 21.0. The first-order valence-electron chi connectivity index (χ1n) is 26.2. The van der Waals surface area contributed by atoms with E-state index in [4.69, 9.17) is 27.4 Å². The Labute approximate surface area is 285 Å². The number of rotatable bonds is 4. The van der Waals surface area contributed by atoms with Crippen molar-refractivity contribution < 1.29 is 38.4 Å². The van der Waals surface area contributed by atoms with Crippen LogP contribution in [0.2, 0.25) is 0 Å².